The molecule has 4 aromatic rings. The fourth-order valence-electron chi connectivity index (χ4n) is 5.53. The maximum atomic E-state index is 12.2. The molecule has 0 spiro atoms. The normalized spacial score (nSPS) is 15.9. The number of nitrogens with zero attached hydrogens (tertiary/aromatic N) is 3. The van der Waals surface area contributed by atoms with Crippen molar-refractivity contribution in [3.05, 3.63) is 102 Å². The summed E-state index contributed by atoms with van der Waals surface area (Å²) >= 11 is 14.9. The van der Waals surface area contributed by atoms with E-state index < -0.39 is 5.97 Å². The Hall–Kier alpha value is -3.90. The predicted molar refractivity (Wildman–Crippen MR) is 228 cm³/mol. The zero-order valence-electron chi connectivity index (χ0n) is 30.3. The lowest BCUT2D eigenvalue weighted by Crippen LogP contribution is -2.54. The average Bonchev–Trinajstić information content (AvgIpc) is 3.75. The van der Waals surface area contributed by atoms with Crippen LogP contribution in [0.4, 0.5) is 11.6 Å². The van der Waals surface area contributed by atoms with Gasteiger partial charge in [-0.25, -0.2) is 14.8 Å². The number of nitrogens with one attached hydrogen (secondary N) is 3. The van der Waals surface area contributed by atoms with Gasteiger partial charge >= 0.3 is 5.97 Å². The van der Waals surface area contributed by atoms with Crippen molar-refractivity contribution in [1.29, 1.82) is 0 Å². The highest BCUT2D eigenvalue weighted by Crippen LogP contribution is 2.25. The van der Waals surface area contributed by atoms with Crippen molar-refractivity contribution in [3.63, 3.8) is 0 Å². The highest BCUT2D eigenvalue weighted by atomic mass is 35.5. The molecule has 8 rings (SSSR count). The van der Waals surface area contributed by atoms with Crippen LogP contribution in [0.3, 0.4) is 0 Å². The summed E-state index contributed by atoms with van der Waals surface area (Å²) in [5.41, 5.74) is 3.50. The number of amides is 3. The molecular weight excluding hydrogens is 858 g/mol. The summed E-state index contributed by atoms with van der Waals surface area (Å²) in [6.45, 7) is 4.38. The average molecular weight is 899 g/mol. The number of aliphatic carboxylic acids is 1. The topological polar surface area (TPSA) is 172 Å². The number of carboxylic acids is 1. The van der Waals surface area contributed by atoms with Crippen LogP contribution in [0.25, 0.3) is 12.2 Å². The van der Waals surface area contributed by atoms with Gasteiger partial charge in [-0.15, -0.1) is 47.5 Å². The molecule has 13 nitrogen and oxygen atoms in total. The van der Waals surface area contributed by atoms with Crippen molar-refractivity contribution in [1.82, 2.24) is 20.2 Å². The molecule has 4 aliphatic heterocycles. The van der Waals surface area contributed by atoms with Gasteiger partial charge in [-0.05, 0) is 71.5 Å². The molecule has 19 heteroatoms. The lowest BCUT2D eigenvalue weighted by molar-refractivity contribution is -0.140. The summed E-state index contributed by atoms with van der Waals surface area (Å²) in [5, 5.41) is 22.4. The van der Waals surface area contributed by atoms with E-state index in [9.17, 15) is 19.2 Å². The second-order valence-electron chi connectivity index (χ2n) is 12.9. The quantitative estimate of drug-likeness (QED) is 0.123. The maximum absolute atomic E-state index is 12.2. The molecule has 2 saturated heterocycles. The van der Waals surface area contributed by atoms with Gasteiger partial charge in [-0.1, -0.05) is 23.2 Å². The fraction of sp³-hybridized carbons (Fsp3) is 0.316. The first kappa shape index (κ1) is 45.8. The molecule has 57 heavy (non-hydrogen) atoms. The molecule has 4 aromatic heterocycles. The molecule has 8 heterocycles. The van der Waals surface area contributed by atoms with E-state index in [-0.39, 0.29) is 48.6 Å². The van der Waals surface area contributed by atoms with Gasteiger partial charge in [0.15, 0.2) is 0 Å². The summed E-state index contributed by atoms with van der Waals surface area (Å²) in [4.78, 5) is 57.4. The van der Waals surface area contributed by atoms with E-state index in [2.05, 4.69) is 25.9 Å². The van der Waals surface area contributed by atoms with Gasteiger partial charge in [0.25, 0.3) is 0 Å². The van der Waals surface area contributed by atoms with E-state index in [1.165, 1.54) is 17.2 Å². The number of carbonyl (C=O) groups excluding carboxylic acids is 3. The number of hydrogen-bond donors (Lipinski definition) is 4. The van der Waals surface area contributed by atoms with E-state index in [1.54, 1.807) is 45.9 Å². The number of halogens is 4. The number of ether oxygens (including phenoxy) is 2. The first-order chi connectivity index (χ1) is 26.6. The van der Waals surface area contributed by atoms with Crippen LogP contribution in [-0.2, 0) is 54.7 Å². The minimum atomic E-state index is -0.994. The van der Waals surface area contributed by atoms with Gasteiger partial charge in [0.1, 0.15) is 11.6 Å². The summed E-state index contributed by atoms with van der Waals surface area (Å²) in [5.74, 6) is 0.110. The number of thiophene rings is 2. The van der Waals surface area contributed by atoms with Crippen molar-refractivity contribution in [2.24, 2.45) is 0 Å². The molecule has 2 fully saturated rings. The molecule has 0 aromatic carbocycles. The molecule has 4 N–H and O–H groups in total. The molecule has 0 saturated carbocycles. The smallest absolute Gasteiger partial charge is 0.328 e. The Morgan fingerprint density at radius 1 is 0.772 bits per heavy atom. The summed E-state index contributed by atoms with van der Waals surface area (Å²) in [6, 6.07) is 7.65. The minimum absolute atomic E-state index is 0. The molecule has 4 aliphatic rings. The second kappa shape index (κ2) is 22.3. The number of rotatable bonds is 10. The first-order valence-corrected chi connectivity index (χ1v) is 19.9. The first-order valence-electron chi connectivity index (χ1n) is 17.4. The Balaban J connectivity index is 0.000000204. The SMILES string of the molecule is Cl.Cl.Clc1csc(COC2CNC2)c1.O=C(O)/C=C/c1cnc2c(c1)CCC(=O)N2.O=C1CCc2cc(/C=C/C(=O)N3CC(OCc4cc(Cl)cs4)C3)cnc2N1. The number of anilines is 2. The highest BCUT2D eigenvalue weighted by Gasteiger charge is 2.30. The van der Waals surface area contributed by atoms with Crippen molar-refractivity contribution in [3.8, 4) is 0 Å². The molecule has 3 amide bonds. The summed E-state index contributed by atoms with van der Waals surface area (Å²) in [6.07, 6.45) is 11.7. The lowest BCUT2D eigenvalue weighted by Gasteiger charge is -2.38. The van der Waals surface area contributed by atoms with Gasteiger partial charge in [-0.2, -0.15) is 0 Å². The fourth-order valence-corrected chi connectivity index (χ4v) is 7.52. The number of hydrogen-bond acceptors (Lipinski definition) is 11. The predicted octanol–water partition coefficient (Wildman–Crippen LogP) is 6.92. The number of fused-ring (bicyclic) bond motifs is 2. The number of pyridine rings is 2. The van der Waals surface area contributed by atoms with E-state index in [4.69, 9.17) is 37.8 Å². The Morgan fingerprint density at radius 3 is 1.70 bits per heavy atom. The number of aromatic nitrogens is 2. The van der Waals surface area contributed by atoms with Gasteiger partial charge in [0.2, 0.25) is 17.7 Å². The summed E-state index contributed by atoms with van der Waals surface area (Å²) < 4.78 is 11.3. The van der Waals surface area contributed by atoms with E-state index in [0.29, 0.717) is 69.7 Å². The Morgan fingerprint density at radius 2 is 1.26 bits per heavy atom. The van der Waals surface area contributed by atoms with Crippen LogP contribution in [-0.4, -0.2) is 82.1 Å². The number of aryl methyl sites for hydroxylation is 2. The van der Waals surface area contributed by atoms with Crippen molar-refractivity contribution < 1.29 is 33.8 Å². The highest BCUT2D eigenvalue weighted by molar-refractivity contribution is 7.10. The third-order valence-electron chi connectivity index (χ3n) is 8.64. The molecule has 0 atom stereocenters. The Labute approximate surface area is 359 Å². The maximum Gasteiger partial charge on any atom is 0.328 e. The van der Waals surface area contributed by atoms with Gasteiger partial charge in [0, 0.05) is 84.1 Å². The van der Waals surface area contributed by atoms with E-state index in [0.717, 1.165) is 56.3 Å². The van der Waals surface area contributed by atoms with Gasteiger partial charge < -0.3 is 35.4 Å². The van der Waals surface area contributed by atoms with E-state index in [1.807, 2.05) is 35.0 Å². The standard InChI is InChI=1S/C19H18ClN3O3S.C11H10N2O3.C8H10ClNOS.2ClH/c20-14-6-16(27-11-14)10-26-15-8-23(9-15)18(25)4-1-12-5-13-2-3-17(24)22-19(13)21-7-12;14-9-3-2-8-5-7(1-4-10(15)16)6-12-11(8)13-9;9-6-1-8(12-5-6)4-11-7-2-10-3-7;;/h1,4-7,11,15H,2-3,8-10H2,(H,21,22,24);1,4-6H,2-3H2,(H,15,16)(H,12,13,14);1,5,7,10H,2-4H2;2*1H/b2*4-1+;;;. The molecule has 0 unspecified atom stereocenters. The van der Waals surface area contributed by atoms with Gasteiger partial charge in [-0.3, -0.25) is 14.4 Å². The van der Waals surface area contributed by atoms with Crippen LogP contribution in [0, 0.1) is 0 Å². The van der Waals surface area contributed by atoms with Crippen molar-refractivity contribution in [2.75, 3.05) is 36.8 Å². The second-order valence-corrected chi connectivity index (χ2v) is 15.7. The van der Waals surface area contributed by atoms with Crippen LogP contribution in [0.5, 0.6) is 0 Å². The van der Waals surface area contributed by atoms with Crippen LogP contribution in [0.15, 0.2) is 59.6 Å². The molecule has 0 radical (unpaired) electrons. The lowest BCUT2D eigenvalue weighted by atomic mass is 10.0. The van der Waals surface area contributed by atoms with Crippen molar-refractivity contribution >= 4 is 118 Å². The third-order valence-corrected chi connectivity index (χ3v) is 11.2. The minimum Gasteiger partial charge on any atom is -0.478 e. The van der Waals surface area contributed by atoms with Gasteiger partial charge in [0.05, 0.1) is 35.5 Å². The van der Waals surface area contributed by atoms with Crippen LogP contribution in [0.1, 0.15) is 44.8 Å². The summed E-state index contributed by atoms with van der Waals surface area (Å²) in [7, 11) is 0. The van der Waals surface area contributed by atoms with Crippen LogP contribution in [0.2, 0.25) is 10.0 Å². The Bertz CT molecular complexity index is 2090. The van der Waals surface area contributed by atoms with Crippen LogP contribution >= 0.6 is 70.7 Å². The molecule has 0 bridgehead atoms. The third kappa shape index (κ3) is 14.2. The number of carbonyl (C=O) groups is 4. The number of carboxylic acid groups (broad SMARTS) is 1. The number of likely N-dealkylation sites (tertiary alicyclic amines) is 1. The van der Waals surface area contributed by atoms with E-state index >= 15 is 0 Å². The monoisotopic (exact) mass is 896 g/mol. The molecule has 0 aliphatic carbocycles. The molecule has 304 valence electrons. The largest absolute Gasteiger partial charge is 0.478 e. The zero-order chi connectivity index (χ0) is 38.7. The Kier molecular flexibility index (Phi) is 17.9. The molecular formula is C38H40Cl4N6O7S2. The van der Waals surface area contributed by atoms with Crippen LogP contribution < -0.4 is 16.0 Å². The zero-order valence-corrected chi connectivity index (χ0v) is 35.1. The van der Waals surface area contributed by atoms with Crippen molar-refractivity contribution in [2.45, 2.75) is 51.1 Å².